The van der Waals surface area contributed by atoms with Gasteiger partial charge in [0, 0.05) is 11.3 Å². The van der Waals surface area contributed by atoms with Crippen molar-refractivity contribution in [2.24, 2.45) is 0 Å². The maximum Gasteiger partial charge on any atom is 0.573 e. The number of hydrogen-bond acceptors (Lipinski definition) is 2. The minimum Gasteiger partial charge on any atom is -0.406 e. The van der Waals surface area contributed by atoms with Crippen molar-refractivity contribution >= 4 is 17.4 Å². The van der Waals surface area contributed by atoms with Crippen LogP contribution in [0.1, 0.15) is 5.56 Å². The Morgan fingerprint density at radius 1 is 0.857 bits per heavy atom. The molecule has 0 saturated heterocycles. The molecular formula is C21H17F3N2O2. The highest BCUT2D eigenvalue weighted by molar-refractivity contribution is 6.02. The first-order chi connectivity index (χ1) is 13.3. The minimum atomic E-state index is -4.76. The second-order valence-electron chi connectivity index (χ2n) is 6.06. The summed E-state index contributed by atoms with van der Waals surface area (Å²) < 4.78 is 40.4. The number of aryl methyl sites for hydroxylation is 1. The lowest BCUT2D eigenvalue weighted by molar-refractivity contribution is -0.274. The van der Waals surface area contributed by atoms with Gasteiger partial charge < -0.3 is 15.4 Å². The van der Waals surface area contributed by atoms with Crippen LogP contribution < -0.4 is 15.4 Å². The Morgan fingerprint density at radius 2 is 1.50 bits per heavy atom. The highest BCUT2D eigenvalue weighted by Gasteiger charge is 2.30. The molecule has 2 amide bonds. The maximum absolute atomic E-state index is 12.3. The third-order valence-corrected chi connectivity index (χ3v) is 3.88. The molecule has 144 valence electrons. The number of nitrogens with one attached hydrogen (secondary N) is 2. The van der Waals surface area contributed by atoms with Crippen molar-refractivity contribution in [1.29, 1.82) is 0 Å². The van der Waals surface area contributed by atoms with E-state index < -0.39 is 12.4 Å². The molecule has 7 heteroatoms. The molecule has 0 spiro atoms. The molecular weight excluding hydrogens is 369 g/mol. The zero-order chi connectivity index (χ0) is 20.1. The van der Waals surface area contributed by atoms with Gasteiger partial charge in [0.05, 0.1) is 5.69 Å². The molecule has 0 saturated carbocycles. The van der Waals surface area contributed by atoms with E-state index in [2.05, 4.69) is 15.4 Å². The molecule has 3 aromatic rings. The Labute approximate surface area is 160 Å². The molecule has 0 aliphatic carbocycles. The lowest BCUT2D eigenvalue weighted by Crippen LogP contribution is -2.20. The van der Waals surface area contributed by atoms with Crippen molar-refractivity contribution in [3.63, 3.8) is 0 Å². The predicted molar refractivity (Wildman–Crippen MR) is 102 cm³/mol. The summed E-state index contributed by atoms with van der Waals surface area (Å²) in [6.45, 7) is 1.99. The summed E-state index contributed by atoms with van der Waals surface area (Å²) in [5.74, 6) is -0.358. The Bertz CT molecular complexity index is 953. The van der Waals surface area contributed by atoms with E-state index in [1.54, 1.807) is 12.1 Å². The number of rotatable bonds is 4. The molecule has 0 heterocycles. The Morgan fingerprint density at radius 3 is 2.14 bits per heavy atom. The Kier molecular flexibility index (Phi) is 5.54. The Balaban J connectivity index is 1.69. The molecule has 0 unspecified atom stereocenters. The van der Waals surface area contributed by atoms with Gasteiger partial charge in [0.1, 0.15) is 5.75 Å². The highest BCUT2D eigenvalue weighted by Crippen LogP contribution is 2.28. The summed E-state index contributed by atoms with van der Waals surface area (Å²) in [6.07, 6.45) is -4.76. The van der Waals surface area contributed by atoms with Gasteiger partial charge in [-0.25, -0.2) is 4.79 Å². The molecule has 0 aliphatic rings. The van der Waals surface area contributed by atoms with Crippen LogP contribution in [0.3, 0.4) is 0 Å². The monoisotopic (exact) mass is 386 g/mol. The molecule has 0 aromatic heterocycles. The van der Waals surface area contributed by atoms with Crippen molar-refractivity contribution < 1.29 is 22.7 Å². The normalized spacial score (nSPS) is 11.0. The van der Waals surface area contributed by atoms with E-state index in [9.17, 15) is 18.0 Å². The first-order valence-electron chi connectivity index (χ1n) is 8.40. The van der Waals surface area contributed by atoms with Gasteiger partial charge >= 0.3 is 12.4 Å². The number of halogens is 3. The zero-order valence-electron chi connectivity index (χ0n) is 14.9. The number of carbonyl (C=O) groups is 1. The van der Waals surface area contributed by atoms with Gasteiger partial charge in [-0.3, -0.25) is 0 Å². The number of anilines is 2. The molecule has 0 radical (unpaired) electrons. The van der Waals surface area contributed by atoms with E-state index in [1.807, 2.05) is 43.3 Å². The molecule has 0 aliphatic heterocycles. The smallest absolute Gasteiger partial charge is 0.406 e. The van der Waals surface area contributed by atoms with Crippen LogP contribution in [0.15, 0.2) is 72.8 Å². The van der Waals surface area contributed by atoms with E-state index in [4.69, 9.17) is 0 Å². The lowest BCUT2D eigenvalue weighted by Gasteiger charge is -2.13. The number of ether oxygens (including phenoxy) is 1. The molecule has 3 aromatic carbocycles. The van der Waals surface area contributed by atoms with Gasteiger partial charge in [0.15, 0.2) is 0 Å². The summed E-state index contributed by atoms with van der Waals surface area (Å²) in [4.78, 5) is 12.3. The van der Waals surface area contributed by atoms with Crippen LogP contribution in [0.25, 0.3) is 11.1 Å². The van der Waals surface area contributed by atoms with Gasteiger partial charge in [-0.1, -0.05) is 48.0 Å². The SMILES string of the molecule is Cc1ccc(-c2ccccc2NC(=O)Nc2ccc(OC(F)(F)F)cc2)cc1. The Hall–Kier alpha value is -3.48. The third-order valence-electron chi connectivity index (χ3n) is 3.88. The van der Waals surface area contributed by atoms with Crippen LogP contribution in [0, 0.1) is 6.92 Å². The van der Waals surface area contributed by atoms with Crippen LogP contribution >= 0.6 is 0 Å². The van der Waals surface area contributed by atoms with Crippen molar-refractivity contribution in [2.45, 2.75) is 13.3 Å². The zero-order valence-corrected chi connectivity index (χ0v) is 14.9. The van der Waals surface area contributed by atoms with Crippen LogP contribution in [0.2, 0.25) is 0 Å². The van der Waals surface area contributed by atoms with E-state index >= 15 is 0 Å². The van der Waals surface area contributed by atoms with Crippen LogP contribution in [0.5, 0.6) is 5.75 Å². The van der Waals surface area contributed by atoms with Crippen LogP contribution in [0.4, 0.5) is 29.3 Å². The van der Waals surface area contributed by atoms with E-state index in [1.165, 1.54) is 12.1 Å². The number of hydrogen-bond donors (Lipinski definition) is 2. The van der Waals surface area contributed by atoms with E-state index in [0.29, 0.717) is 11.4 Å². The standard InChI is InChI=1S/C21H17F3N2O2/c1-14-6-8-15(9-7-14)18-4-2-3-5-19(18)26-20(27)25-16-10-12-17(13-11-16)28-21(22,23)24/h2-13H,1H3,(H2,25,26,27). The number of alkyl halides is 3. The number of amides is 2. The summed E-state index contributed by atoms with van der Waals surface area (Å²) >= 11 is 0. The topological polar surface area (TPSA) is 50.4 Å². The van der Waals surface area contributed by atoms with Crippen LogP contribution in [-0.2, 0) is 0 Å². The molecule has 3 rings (SSSR count). The van der Waals surface area contributed by atoms with Gasteiger partial charge in [0.2, 0.25) is 0 Å². The number of urea groups is 1. The van der Waals surface area contributed by atoms with Crippen molar-refractivity contribution in [3.8, 4) is 16.9 Å². The molecule has 0 bridgehead atoms. The maximum atomic E-state index is 12.3. The average molecular weight is 386 g/mol. The second-order valence-corrected chi connectivity index (χ2v) is 6.06. The molecule has 0 fully saturated rings. The van der Waals surface area contributed by atoms with Gasteiger partial charge in [-0.2, -0.15) is 0 Å². The minimum absolute atomic E-state index is 0.333. The third kappa shape index (κ3) is 5.26. The summed E-state index contributed by atoms with van der Waals surface area (Å²) in [6, 6.07) is 19.6. The summed E-state index contributed by atoms with van der Waals surface area (Å²) in [5, 5.41) is 5.35. The van der Waals surface area contributed by atoms with Gasteiger partial charge in [0.25, 0.3) is 0 Å². The summed E-state index contributed by atoms with van der Waals surface area (Å²) in [5.41, 5.74) is 3.88. The quantitative estimate of drug-likeness (QED) is 0.560. The molecule has 4 nitrogen and oxygen atoms in total. The van der Waals surface area contributed by atoms with Crippen LogP contribution in [-0.4, -0.2) is 12.4 Å². The number of para-hydroxylation sites is 1. The van der Waals surface area contributed by atoms with E-state index in [0.717, 1.165) is 28.8 Å². The van der Waals surface area contributed by atoms with Crippen molar-refractivity contribution in [2.75, 3.05) is 10.6 Å². The molecule has 0 atom stereocenters. The average Bonchev–Trinajstić information content (AvgIpc) is 2.63. The fourth-order valence-corrected chi connectivity index (χ4v) is 2.60. The van der Waals surface area contributed by atoms with Gasteiger partial charge in [-0.15, -0.1) is 13.2 Å². The fourth-order valence-electron chi connectivity index (χ4n) is 2.60. The summed E-state index contributed by atoms with van der Waals surface area (Å²) in [7, 11) is 0. The molecule has 2 N–H and O–H groups in total. The first-order valence-corrected chi connectivity index (χ1v) is 8.40. The van der Waals surface area contributed by atoms with Gasteiger partial charge in [-0.05, 0) is 42.8 Å². The van der Waals surface area contributed by atoms with E-state index in [-0.39, 0.29) is 5.75 Å². The largest absolute Gasteiger partial charge is 0.573 e. The molecule has 28 heavy (non-hydrogen) atoms. The number of carbonyl (C=O) groups excluding carboxylic acids is 1. The van der Waals surface area contributed by atoms with Crippen molar-refractivity contribution in [1.82, 2.24) is 0 Å². The number of benzene rings is 3. The fraction of sp³-hybridized carbons (Fsp3) is 0.0952. The second kappa shape index (κ2) is 8.04. The predicted octanol–water partition coefficient (Wildman–Crippen LogP) is 6.20. The van der Waals surface area contributed by atoms with Crippen molar-refractivity contribution in [3.05, 3.63) is 78.4 Å². The lowest BCUT2D eigenvalue weighted by atomic mass is 10.0. The first kappa shape index (κ1) is 19.3. The highest BCUT2D eigenvalue weighted by atomic mass is 19.4.